The Labute approximate surface area is 125 Å². The van der Waals surface area contributed by atoms with Gasteiger partial charge in [-0.1, -0.05) is 70.2 Å². The second-order valence-electron chi connectivity index (χ2n) is 6.26. The van der Waals surface area contributed by atoms with Crippen LogP contribution in [0, 0.1) is 0 Å². The molecule has 1 atom stereocenters. The molecular formula is C19H31N. The van der Waals surface area contributed by atoms with Crippen molar-refractivity contribution in [2.24, 2.45) is 0 Å². The van der Waals surface area contributed by atoms with Crippen molar-refractivity contribution in [2.45, 2.75) is 83.7 Å². The molecular weight excluding hydrogens is 242 g/mol. The third-order valence-corrected chi connectivity index (χ3v) is 4.74. The molecule has 1 aromatic carbocycles. The van der Waals surface area contributed by atoms with Gasteiger partial charge < -0.3 is 5.32 Å². The van der Waals surface area contributed by atoms with E-state index in [1.165, 1.54) is 62.5 Å². The van der Waals surface area contributed by atoms with E-state index in [9.17, 15) is 0 Å². The lowest BCUT2D eigenvalue weighted by molar-refractivity contribution is 0.349. The van der Waals surface area contributed by atoms with Gasteiger partial charge in [-0.05, 0) is 36.8 Å². The largest absolute Gasteiger partial charge is 0.307 e. The maximum atomic E-state index is 3.93. The van der Waals surface area contributed by atoms with Crippen LogP contribution < -0.4 is 5.32 Å². The van der Waals surface area contributed by atoms with Crippen molar-refractivity contribution in [3.63, 3.8) is 0 Å². The van der Waals surface area contributed by atoms with Crippen LogP contribution in [-0.4, -0.2) is 6.04 Å². The average Bonchev–Trinajstić information content (AvgIpc) is 2.46. The highest BCUT2D eigenvalue weighted by Crippen LogP contribution is 2.23. The monoisotopic (exact) mass is 273 g/mol. The summed E-state index contributed by atoms with van der Waals surface area (Å²) in [5.41, 5.74) is 2.90. The molecule has 0 bridgehead atoms. The van der Waals surface area contributed by atoms with Gasteiger partial charge in [0.25, 0.3) is 0 Å². The highest BCUT2D eigenvalue weighted by molar-refractivity contribution is 5.25. The molecule has 1 N–H and O–H groups in total. The van der Waals surface area contributed by atoms with E-state index < -0.39 is 0 Å². The first-order valence-corrected chi connectivity index (χ1v) is 8.68. The summed E-state index contributed by atoms with van der Waals surface area (Å²) in [5.74, 6) is 0. The van der Waals surface area contributed by atoms with Crippen molar-refractivity contribution in [3.8, 4) is 0 Å². The minimum atomic E-state index is 0.533. The van der Waals surface area contributed by atoms with E-state index in [1.54, 1.807) is 0 Å². The molecule has 0 amide bonds. The quantitative estimate of drug-likeness (QED) is 0.757. The fourth-order valence-electron chi connectivity index (χ4n) is 3.34. The number of hydrogen-bond donors (Lipinski definition) is 1. The molecule has 0 aromatic heterocycles. The van der Waals surface area contributed by atoms with Gasteiger partial charge in [-0.2, -0.15) is 0 Å². The molecule has 0 saturated heterocycles. The van der Waals surface area contributed by atoms with Crippen molar-refractivity contribution in [2.75, 3.05) is 0 Å². The molecule has 1 fully saturated rings. The number of hydrogen-bond acceptors (Lipinski definition) is 1. The molecule has 2 rings (SSSR count). The Bertz CT molecular complexity index is 360. The molecule has 1 aromatic rings. The van der Waals surface area contributed by atoms with Crippen LogP contribution in [0.4, 0.5) is 0 Å². The molecule has 1 nitrogen and oxygen atoms in total. The van der Waals surface area contributed by atoms with E-state index in [0.717, 1.165) is 12.5 Å². The average molecular weight is 273 g/mol. The number of benzene rings is 1. The van der Waals surface area contributed by atoms with E-state index in [0.29, 0.717) is 6.04 Å². The topological polar surface area (TPSA) is 12.0 Å². The molecule has 0 spiro atoms. The Kier molecular flexibility index (Phi) is 6.59. The highest BCUT2D eigenvalue weighted by atomic mass is 14.9. The molecule has 0 aliphatic heterocycles. The third-order valence-electron chi connectivity index (χ3n) is 4.74. The van der Waals surface area contributed by atoms with Crippen molar-refractivity contribution < 1.29 is 0 Å². The summed E-state index contributed by atoms with van der Waals surface area (Å²) in [6, 6.07) is 10.5. The molecule has 1 aliphatic rings. The zero-order valence-corrected chi connectivity index (χ0v) is 13.3. The van der Waals surface area contributed by atoms with Gasteiger partial charge in [0, 0.05) is 12.1 Å². The minimum Gasteiger partial charge on any atom is -0.307 e. The standard InChI is InChI=1S/C19H31N/c1-3-16-12-14-17(15-13-16)19(4-2)20-18-10-8-6-5-7-9-11-18/h12-15,18-20H,3-11H2,1-2H3. The fourth-order valence-corrected chi connectivity index (χ4v) is 3.34. The van der Waals surface area contributed by atoms with Gasteiger partial charge in [0.1, 0.15) is 0 Å². The van der Waals surface area contributed by atoms with Gasteiger partial charge >= 0.3 is 0 Å². The van der Waals surface area contributed by atoms with Crippen LogP contribution >= 0.6 is 0 Å². The molecule has 0 heterocycles. The molecule has 20 heavy (non-hydrogen) atoms. The van der Waals surface area contributed by atoms with Crippen LogP contribution in [0.3, 0.4) is 0 Å². The lowest BCUT2D eigenvalue weighted by Gasteiger charge is -2.27. The Morgan fingerprint density at radius 1 is 0.950 bits per heavy atom. The maximum absolute atomic E-state index is 3.93. The Morgan fingerprint density at radius 2 is 1.55 bits per heavy atom. The van der Waals surface area contributed by atoms with Crippen molar-refractivity contribution >= 4 is 0 Å². The normalized spacial score (nSPS) is 19.3. The van der Waals surface area contributed by atoms with Crippen LogP contribution in [0.1, 0.15) is 82.4 Å². The lowest BCUT2D eigenvalue weighted by atomic mass is 9.94. The van der Waals surface area contributed by atoms with Crippen LogP contribution in [0.2, 0.25) is 0 Å². The van der Waals surface area contributed by atoms with Crippen LogP contribution in [0.15, 0.2) is 24.3 Å². The first-order valence-electron chi connectivity index (χ1n) is 8.68. The fraction of sp³-hybridized carbons (Fsp3) is 0.684. The van der Waals surface area contributed by atoms with E-state index in [4.69, 9.17) is 0 Å². The first-order chi connectivity index (χ1) is 9.83. The molecule has 1 aliphatic carbocycles. The van der Waals surface area contributed by atoms with Gasteiger partial charge in [0.2, 0.25) is 0 Å². The predicted octanol–water partition coefficient (Wildman–Crippen LogP) is 5.40. The van der Waals surface area contributed by atoms with Gasteiger partial charge in [-0.25, -0.2) is 0 Å². The number of aryl methyl sites for hydroxylation is 1. The van der Waals surface area contributed by atoms with Crippen LogP contribution in [0.5, 0.6) is 0 Å². The van der Waals surface area contributed by atoms with E-state index in [-0.39, 0.29) is 0 Å². The Hall–Kier alpha value is -0.820. The van der Waals surface area contributed by atoms with Gasteiger partial charge in [-0.15, -0.1) is 0 Å². The summed E-state index contributed by atoms with van der Waals surface area (Å²) in [6.07, 6.45) is 12.2. The van der Waals surface area contributed by atoms with E-state index in [2.05, 4.69) is 43.4 Å². The SMILES string of the molecule is CCc1ccc(C(CC)NC2CCCCCCC2)cc1. The minimum absolute atomic E-state index is 0.533. The first kappa shape index (κ1) is 15.6. The second kappa shape index (κ2) is 8.46. The Balaban J connectivity index is 1.95. The number of nitrogens with one attached hydrogen (secondary N) is 1. The van der Waals surface area contributed by atoms with E-state index in [1.807, 2.05) is 0 Å². The smallest absolute Gasteiger partial charge is 0.0320 e. The predicted molar refractivity (Wildman–Crippen MR) is 88.1 cm³/mol. The summed E-state index contributed by atoms with van der Waals surface area (Å²) in [4.78, 5) is 0. The van der Waals surface area contributed by atoms with Gasteiger partial charge in [0.05, 0.1) is 0 Å². The zero-order chi connectivity index (χ0) is 14.2. The molecule has 1 saturated carbocycles. The van der Waals surface area contributed by atoms with Crippen molar-refractivity contribution in [1.29, 1.82) is 0 Å². The maximum Gasteiger partial charge on any atom is 0.0320 e. The summed E-state index contributed by atoms with van der Waals surface area (Å²) in [6.45, 7) is 4.52. The van der Waals surface area contributed by atoms with Gasteiger partial charge in [0.15, 0.2) is 0 Å². The van der Waals surface area contributed by atoms with Crippen LogP contribution in [-0.2, 0) is 6.42 Å². The summed E-state index contributed by atoms with van der Waals surface area (Å²) < 4.78 is 0. The van der Waals surface area contributed by atoms with Gasteiger partial charge in [-0.3, -0.25) is 0 Å². The molecule has 1 unspecified atom stereocenters. The van der Waals surface area contributed by atoms with Crippen molar-refractivity contribution in [3.05, 3.63) is 35.4 Å². The summed E-state index contributed by atoms with van der Waals surface area (Å²) in [7, 11) is 0. The van der Waals surface area contributed by atoms with Crippen LogP contribution in [0.25, 0.3) is 0 Å². The second-order valence-corrected chi connectivity index (χ2v) is 6.26. The highest BCUT2D eigenvalue weighted by Gasteiger charge is 2.16. The summed E-state index contributed by atoms with van der Waals surface area (Å²) in [5, 5.41) is 3.93. The molecule has 0 radical (unpaired) electrons. The zero-order valence-electron chi connectivity index (χ0n) is 13.3. The van der Waals surface area contributed by atoms with Crippen molar-refractivity contribution in [1.82, 2.24) is 5.32 Å². The van der Waals surface area contributed by atoms with E-state index >= 15 is 0 Å². The molecule has 112 valence electrons. The third kappa shape index (κ3) is 4.63. The number of rotatable bonds is 5. The molecule has 1 heteroatoms. The summed E-state index contributed by atoms with van der Waals surface area (Å²) >= 11 is 0. The lowest BCUT2D eigenvalue weighted by Crippen LogP contribution is -2.33. The Morgan fingerprint density at radius 3 is 2.10 bits per heavy atom.